The lowest BCUT2D eigenvalue weighted by molar-refractivity contribution is -0.0168. The average molecular weight is 220 g/mol. The lowest BCUT2D eigenvalue weighted by Gasteiger charge is -2.37. The molecule has 0 N–H and O–H groups in total. The van der Waals surface area contributed by atoms with Crippen LogP contribution in [0, 0.1) is 0 Å². The van der Waals surface area contributed by atoms with E-state index in [1.807, 2.05) is 19.1 Å². The van der Waals surface area contributed by atoms with Crippen LogP contribution in [0.4, 0.5) is 0 Å². The Hall–Kier alpha value is -1.09. The van der Waals surface area contributed by atoms with E-state index in [0.717, 1.165) is 25.3 Å². The van der Waals surface area contributed by atoms with Gasteiger partial charge in [-0.25, -0.2) is 0 Å². The number of hydrogen-bond acceptors (Lipinski definition) is 3. The zero-order valence-corrected chi connectivity index (χ0v) is 10.1. The monoisotopic (exact) mass is 220 g/mol. The normalized spacial score (nSPS) is 27.9. The van der Waals surface area contributed by atoms with E-state index in [1.165, 1.54) is 6.42 Å². The molecule has 0 aromatic heterocycles. The fourth-order valence-electron chi connectivity index (χ4n) is 2.24. The molecule has 0 spiro atoms. The van der Waals surface area contributed by atoms with Crippen LogP contribution in [0.15, 0.2) is 29.4 Å². The van der Waals surface area contributed by atoms with Gasteiger partial charge in [0, 0.05) is 19.2 Å². The molecule has 0 aliphatic carbocycles. The lowest BCUT2D eigenvalue weighted by atomic mass is 10.0. The predicted molar refractivity (Wildman–Crippen MR) is 66.3 cm³/mol. The summed E-state index contributed by atoms with van der Waals surface area (Å²) in [4.78, 5) is 6.89. The Morgan fingerprint density at radius 2 is 2.31 bits per heavy atom. The Morgan fingerprint density at radius 3 is 3.06 bits per heavy atom. The van der Waals surface area contributed by atoms with Gasteiger partial charge in [0.2, 0.25) is 0 Å². The van der Waals surface area contributed by atoms with Gasteiger partial charge >= 0.3 is 0 Å². The number of allylic oxidation sites excluding steroid dienone is 2. The highest BCUT2D eigenvalue weighted by Crippen LogP contribution is 2.23. The molecule has 0 fully saturated rings. The van der Waals surface area contributed by atoms with E-state index >= 15 is 0 Å². The van der Waals surface area contributed by atoms with Crippen LogP contribution in [-0.4, -0.2) is 29.6 Å². The van der Waals surface area contributed by atoms with Gasteiger partial charge in [-0.15, -0.1) is 0 Å². The summed E-state index contributed by atoms with van der Waals surface area (Å²) in [6.45, 7) is 5.01. The molecule has 2 heterocycles. The van der Waals surface area contributed by atoms with Crippen LogP contribution >= 0.6 is 0 Å². The third-order valence-corrected chi connectivity index (χ3v) is 2.95. The van der Waals surface area contributed by atoms with E-state index in [9.17, 15) is 0 Å². The van der Waals surface area contributed by atoms with Gasteiger partial charge in [-0.1, -0.05) is 19.4 Å². The fourth-order valence-corrected chi connectivity index (χ4v) is 2.24. The van der Waals surface area contributed by atoms with Crippen molar-refractivity contribution in [1.82, 2.24) is 4.90 Å². The molecule has 0 saturated carbocycles. The maximum atomic E-state index is 5.79. The molecule has 2 rings (SSSR count). The molecule has 0 amide bonds. The van der Waals surface area contributed by atoms with Crippen molar-refractivity contribution in [3.05, 3.63) is 24.4 Å². The third kappa shape index (κ3) is 2.35. The molecule has 0 saturated heterocycles. The summed E-state index contributed by atoms with van der Waals surface area (Å²) in [5, 5.41) is 0. The molecule has 2 unspecified atom stereocenters. The lowest BCUT2D eigenvalue weighted by Crippen LogP contribution is -2.44. The van der Waals surface area contributed by atoms with Crippen molar-refractivity contribution in [1.29, 1.82) is 0 Å². The van der Waals surface area contributed by atoms with Crippen molar-refractivity contribution in [2.75, 3.05) is 6.61 Å². The molecule has 0 aromatic rings. The Morgan fingerprint density at radius 1 is 1.44 bits per heavy atom. The number of amidine groups is 1. The fraction of sp³-hybridized carbons (Fsp3) is 0.615. The van der Waals surface area contributed by atoms with Gasteiger partial charge in [-0.05, 0) is 25.5 Å². The smallest absolute Gasteiger partial charge is 0.137 e. The summed E-state index contributed by atoms with van der Waals surface area (Å²) >= 11 is 0. The van der Waals surface area contributed by atoms with Gasteiger partial charge in [-0.3, -0.25) is 4.99 Å². The Bertz CT molecular complexity index is 320. The summed E-state index contributed by atoms with van der Waals surface area (Å²) in [6.07, 6.45) is 11.7. The van der Waals surface area contributed by atoms with E-state index in [1.54, 1.807) is 0 Å². The first-order valence-electron chi connectivity index (χ1n) is 6.17. The van der Waals surface area contributed by atoms with Gasteiger partial charge in [0.05, 0.1) is 6.04 Å². The van der Waals surface area contributed by atoms with Gasteiger partial charge in [0.1, 0.15) is 12.1 Å². The second kappa shape index (κ2) is 5.30. The standard InChI is InChI=1S/C13H20N2O/c1-3-7-11-10-13(16-4-2)15-9-6-5-8-12(15)14-11/h5-6,8-9,11,13H,3-4,7,10H2,1-2H3. The minimum absolute atomic E-state index is 0.162. The number of nitrogens with zero attached hydrogens (tertiary/aromatic N) is 2. The third-order valence-electron chi connectivity index (χ3n) is 2.95. The van der Waals surface area contributed by atoms with E-state index < -0.39 is 0 Å². The minimum Gasteiger partial charge on any atom is -0.358 e. The van der Waals surface area contributed by atoms with Gasteiger partial charge in [0.25, 0.3) is 0 Å². The largest absolute Gasteiger partial charge is 0.358 e. The Balaban J connectivity index is 2.15. The molecular weight excluding hydrogens is 200 g/mol. The molecule has 2 aliphatic rings. The molecule has 16 heavy (non-hydrogen) atoms. The minimum atomic E-state index is 0.162. The van der Waals surface area contributed by atoms with E-state index in [4.69, 9.17) is 9.73 Å². The molecule has 3 nitrogen and oxygen atoms in total. The number of hydrogen-bond donors (Lipinski definition) is 0. The zero-order valence-electron chi connectivity index (χ0n) is 10.1. The van der Waals surface area contributed by atoms with Crippen LogP contribution in [0.25, 0.3) is 0 Å². The Labute approximate surface area is 97.5 Å². The highest BCUT2D eigenvalue weighted by molar-refractivity contribution is 5.95. The number of fused-ring (bicyclic) bond motifs is 1. The van der Waals surface area contributed by atoms with Crippen LogP contribution < -0.4 is 0 Å². The van der Waals surface area contributed by atoms with E-state index in [-0.39, 0.29) is 6.23 Å². The highest BCUT2D eigenvalue weighted by Gasteiger charge is 2.28. The van der Waals surface area contributed by atoms with Crippen molar-refractivity contribution in [3.63, 3.8) is 0 Å². The Kier molecular flexibility index (Phi) is 3.78. The van der Waals surface area contributed by atoms with Crippen molar-refractivity contribution in [3.8, 4) is 0 Å². The van der Waals surface area contributed by atoms with Gasteiger partial charge < -0.3 is 9.64 Å². The number of rotatable bonds is 4. The molecular formula is C13H20N2O. The second-order valence-electron chi connectivity index (χ2n) is 4.18. The van der Waals surface area contributed by atoms with E-state index in [2.05, 4.69) is 24.1 Å². The quantitative estimate of drug-likeness (QED) is 0.727. The maximum absolute atomic E-state index is 5.79. The predicted octanol–water partition coefficient (Wildman–Crippen LogP) is 2.71. The molecule has 2 atom stereocenters. The molecule has 2 aliphatic heterocycles. The number of ether oxygens (including phenoxy) is 1. The van der Waals surface area contributed by atoms with Gasteiger partial charge in [-0.2, -0.15) is 0 Å². The maximum Gasteiger partial charge on any atom is 0.137 e. The van der Waals surface area contributed by atoms with Crippen molar-refractivity contribution in [2.45, 2.75) is 45.4 Å². The molecule has 88 valence electrons. The average Bonchev–Trinajstić information content (AvgIpc) is 2.30. The van der Waals surface area contributed by atoms with Gasteiger partial charge in [0.15, 0.2) is 0 Å². The molecule has 3 heteroatoms. The van der Waals surface area contributed by atoms with Crippen LogP contribution in [-0.2, 0) is 4.74 Å². The van der Waals surface area contributed by atoms with Crippen LogP contribution in [0.5, 0.6) is 0 Å². The summed E-state index contributed by atoms with van der Waals surface area (Å²) in [5.74, 6) is 1.05. The summed E-state index contributed by atoms with van der Waals surface area (Å²) < 4.78 is 5.79. The summed E-state index contributed by atoms with van der Waals surface area (Å²) in [7, 11) is 0. The second-order valence-corrected chi connectivity index (χ2v) is 4.18. The number of aliphatic imine (C=N–C) groups is 1. The van der Waals surface area contributed by atoms with E-state index in [0.29, 0.717) is 6.04 Å². The first-order chi connectivity index (χ1) is 7.85. The first-order valence-corrected chi connectivity index (χ1v) is 6.17. The first kappa shape index (κ1) is 11.4. The highest BCUT2D eigenvalue weighted by atomic mass is 16.5. The molecule has 0 aromatic carbocycles. The van der Waals surface area contributed by atoms with Crippen molar-refractivity contribution >= 4 is 5.84 Å². The summed E-state index contributed by atoms with van der Waals surface area (Å²) in [6, 6.07) is 0.420. The van der Waals surface area contributed by atoms with Crippen molar-refractivity contribution in [2.24, 2.45) is 4.99 Å². The molecule has 0 radical (unpaired) electrons. The molecule has 0 bridgehead atoms. The SMILES string of the molecule is CCCC1CC(OCC)N2C=CC=CC2=N1. The van der Waals surface area contributed by atoms with Crippen LogP contribution in [0.3, 0.4) is 0 Å². The zero-order chi connectivity index (χ0) is 11.4. The van der Waals surface area contributed by atoms with Crippen LogP contribution in [0.2, 0.25) is 0 Å². The van der Waals surface area contributed by atoms with Crippen molar-refractivity contribution < 1.29 is 4.74 Å². The topological polar surface area (TPSA) is 24.8 Å². The summed E-state index contributed by atoms with van der Waals surface area (Å²) in [5.41, 5.74) is 0. The van der Waals surface area contributed by atoms with Crippen LogP contribution in [0.1, 0.15) is 33.1 Å².